The fraction of sp³-hybridized carbons (Fsp3) is 0.417. The van der Waals surface area contributed by atoms with Crippen molar-refractivity contribution in [3.8, 4) is 5.75 Å². The predicted octanol–water partition coefficient (Wildman–Crippen LogP) is 4.09. The smallest absolute Gasteiger partial charge is 0.251 e. The topological polar surface area (TPSA) is 58.6 Å². The molecule has 1 aliphatic carbocycles. The normalized spacial score (nSPS) is 18.7. The number of nitrogens with one attached hydrogen (secondary N) is 1. The second-order valence-electron chi connectivity index (χ2n) is 8.23. The first-order valence-electron chi connectivity index (χ1n) is 10.6. The number of halogens is 1. The van der Waals surface area contributed by atoms with Crippen LogP contribution in [-0.4, -0.2) is 42.5 Å². The molecule has 2 aromatic rings. The van der Waals surface area contributed by atoms with Crippen molar-refractivity contribution in [2.45, 2.75) is 38.1 Å². The van der Waals surface area contributed by atoms with Crippen molar-refractivity contribution in [2.24, 2.45) is 5.92 Å². The summed E-state index contributed by atoms with van der Waals surface area (Å²) in [6, 6.07) is 15.1. The van der Waals surface area contributed by atoms with Crippen LogP contribution in [0.3, 0.4) is 0 Å². The van der Waals surface area contributed by atoms with E-state index in [0.29, 0.717) is 42.1 Å². The van der Waals surface area contributed by atoms with E-state index in [-0.39, 0.29) is 11.8 Å². The molecule has 6 heteroatoms. The largest absolute Gasteiger partial charge is 0.493 e. The van der Waals surface area contributed by atoms with Crippen molar-refractivity contribution in [2.75, 3.05) is 19.7 Å². The molecular formula is C24H27ClN2O3. The number of likely N-dealkylation sites (tertiary alicyclic amines) is 1. The fourth-order valence-corrected chi connectivity index (χ4v) is 3.86. The van der Waals surface area contributed by atoms with Crippen molar-refractivity contribution >= 4 is 23.4 Å². The highest BCUT2D eigenvalue weighted by atomic mass is 35.5. The van der Waals surface area contributed by atoms with Gasteiger partial charge < -0.3 is 15.0 Å². The quantitative estimate of drug-likeness (QED) is 0.725. The second-order valence-corrected chi connectivity index (χ2v) is 8.67. The first-order chi connectivity index (χ1) is 14.6. The molecule has 1 atom stereocenters. The summed E-state index contributed by atoms with van der Waals surface area (Å²) in [4.78, 5) is 26.7. The first-order valence-corrected chi connectivity index (χ1v) is 11.0. The van der Waals surface area contributed by atoms with Crippen LogP contribution in [0.5, 0.6) is 5.75 Å². The van der Waals surface area contributed by atoms with E-state index in [2.05, 4.69) is 5.32 Å². The van der Waals surface area contributed by atoms with Gasteiger partial charge in [-0.05, 0) is 67.6 Å². The van der Waals surface area contributed by atoms with Crippen molar-refractivity contribution in [3.05, 3.63) is 64.7 Å². The number of benzene rings is 2. The molecule has 5 nitrogen and oxygen atoms in total. The van der Waals surface area contributed by atoms with Crippen LogP contribution >= 0.6 is 11.6 Å². The molecule has 2 aromatic carbocycles. The number of carbonyl (C=O) groups is 2. The SMILES string of the molecule is O=C(NC1CC1)c1ccc(OC[C@@H]2CCCN(C(=O)Cc3ccc(Cl)cc3)C2)cc1. The summed E-state index contributed by atoms with van der Waals surface area (Å²) in [5.41, 5.74) is 1.64. The molecule has 0 radical (unpaired) electrons. The number of piperidine rings is 1. The van der Waals surface area contributed by atoms with Gasteiger partial charge in [0.1, 0.15) is 5.75 Å². The zero-order valence-electron chi connectivity index (χ0n) is 17.0. The average molecular weight is 427 g/mol. The Morgan fingerprint density at radius 1 is 1.03 bits per heavy atom. The van der Waals surface area contributed by atoms with Crippen LogP contribution in [0.15, 0.2) is 48.5 Å². The van der Waals surface area contributed by atoms with Gasteiger partial charge in [-0.3, -0.25) is 9.59 Å². The van der Waals surface area contributed by atoms with Gasteiger partial charge in [0.05, 0.1) is 13.0 Å². The third kappa shape index (κ3) is 5.76. The Hall–Kier alpha value is -2.53. The number of ether oxygens (including phenoxy) is 1. The summed E-state index contributed by atoms with van der Waals surface area (Å²) >= 11 is 5.92. The van der Waals surface area contributed by atoms with E-state index in [4.69, 9.17) is 16.3 Å². The molecule has 1 heterocycles. The van der Waals surface area contributed by atoms with E-state index < -0.39 is 0 Å². The third-order valence-corrected chi connectivity index (χ3v) is 5.91. The molecule has 4 rings (SSSR count). The molecule has 30 heavy (non-hydrogen) atoms. The Morgan fingerprint density at radius 3 is 2.47 bits per heavy atom. The molecule has 0 unspecified atom stereocenters. The maximum Gasteiger partial charge on any atom is 0.251 e. The van der Waals surface area contributed by atoms with Crippen LogP contribution in [0, 0.1) is 5.92 Å². The van der Waals surface area contributed by atoms with E-state index >= 15 is 0 Å². The van der Waals surface area contributed by atoms with E-state index in [0.717, 1.165) is 43.5 Å². The summed E-state index contributed by atoms with van der Waals surface area (Å²) in [5, 5.41) is 3.66. The van der Waals surface area contributed by atoms with E-state index in [1.807, 2.05) is 41.3 Å². The zero-order valence-corrected chi connectivity index (χ0v) is 17.7. The van der Waals surface area contributed by atoms with E-state index in [1.54, 1.807) is 12.1 Å². The minimum absolute atomic E-state index is 0.0221. The number of hydrogen-bond donors (Lipinski definition) is 1. The molecule has 1 saturated heterocycles. The van der Waals surface area contributed by atoms with Crippen LogP contribution in [0.2, 0.25) is 5.02 Å². The number of rotatable bonds is 7. The summed E-state index contributed by atoms with van der Waals surface area (Å²) in [6.07, 6.45) is 4.59. The highest BCUT2D eigenvalue weighted by Gasteiger charge is 2.25. The minimum Gasteiger partial charge on any atom is -0.493 e. The molecule has 2 amide bonds. The Bertz CT molecular complexity index is 878. The van der Waals surface area contributed by atoms with Crippen molar-refractivity contribution in [3.63, 3.8) is 0 Å². The molecule has 0 spiro atoms. The van der Waals surface area contributed by atoms with Gasteiger partial charge in [0.25, 0.3) is 5.91 Å². The highest BCUT2D eigenvalue weighted by Crippen LogP contribution is 2.22. The maximum absolute atomic E-state index is 12.7. The van der Waals surface area contributed by atoms with Gasteiger partial charge in [0, 0.05) is 35.6 Å². The lowest BCUT2D eigenvalue weighted by molar-refractivity contribution is -0.132. The Labute approximate surface area is 182 Å². The molecular weight excluding hydrogens is 400 g/mol. The van der Waals surface area contributed by atoms with Crippen LogP contribution in [0.25, 0.3) is 0 Å². The Balaban J connectivity index is 1.25. The summed E-state index contributed by atoms with van der Waals surface area (Å²) in [6.45, 7) is 2.08. The average Bonchev–Trinajstić information content (AvgIpc) is 3.58. The minimum atomic E-state index is -0.0221. The number of carbonyl (C=O) groups excluding carboxylic acids is 2. The number of hydrogen-bond acceptors (Lipinski definition) is 3. The van der Waals surface area contributed by atoms with Crippen LogP contribution in [-0.2, 0) is 11.2 Å². The summed E-state index contributed by atoms with van der Waals surface area (Å²) < 4.78 is 5.95. The lowest BCUT2D eigenvalue weighted by Gasteiger charge is -2.32. The van der Waals surface area contributed by atoms with Gasteiger partial charge in [-0.1, -0.05) is 23.7 Å². The zero-order chi connectivity index (χ0) is 20.9. The molecule has 0 bridgehead atoms. The number of amides is 2. The Kier molecular flexibility index (Phi) is 6.58. The van der Waals surface area contributed by atoms with Crippen molar-refractivity contribution in [1.29, 1.82) is 0 Å². The molecule has 1 saturated carbocycles. The predicted molar refractivity (Wildman–Crippen MR) is 117 cm³/mol. The molecule has 0 aromatic heterocycles. The Morgan fingerprint density at radius 2 is 1.77 bits per heavy atom. The molecule has 2 aliphatic rings. The molecule has 2 fully saturated rings. The van der Waals surface area contributed by atoms with E-state index in [9.17, 15) is 9.59 Å². The van der Waals surface area contributed by atoms with Gasteiger partial charge in [-0.2, -0.15) is 0 Å². The first kappa shape index (κ1) is 20.7. The van der Waals surface area contributed by atoms with Crippen LogP contribution in [0.1, 0.15) is 41.6 Å². The summed E-state index contributed by atoms with van der Waals surface area (Å²) in [5.74, 6) is 1.19. The van der Waals surface area contributed by atoms with Crippen molar-refractivity contribution < 1.29 is 14.3 Å². The van der Waals surface area contributed by atoms with E-state index in [1.165, 1.54) is 0 Å². The maximum atomic E-state index is 12.7. The lowest BCUT2D eigenvalue weighted by atomic mass is 9.98. The van der Waals surface area contributed by atoms with Crippen LogP contribution < -0.4 is 10.1 Å². The molecule has 158 valence electrons. The number of nitrogens with zero attached hydrogens (tertiary/aromatic N) is 1. The monoisotopic (exact) mass is 426 g/mol. The standard InChI is InChI=1S/C24H27ClN2O3/c25-20-7-3-17(4-8-20)14-23(28)27-13-1-2-18(15-27)16-30-22-11-5-19(6-12-22)24(29)26-21-9-10-21/h3-8,11-12,18,21H,1-2,9-10,13-16H2,(H,26,29)/t18-/m1/s1. The van der Waals surface area contributed by atoms with Gasteiger partial charge in [-0.15, -0.1) is 0 Å². The highest BCUT2D eigenvalue weighted by molar-refractivity contribution is 6.30. The van der Waals surface area contributed by atoms with Gasteiger partial charge in [-0.25, -0.2) is 0 Å². The van der Waals surface area contributed by atoms with Gasteiger partial charge >= 0.3 is 0 Å². The molecule has 1 aliphatic heterocycles. The van der Waals surface area contributed by atoms with Gasteiger partial charge in [0.15, 0.2) is 0 Å². The van der Waals surface area contributed by atoms with Crippen molar-refractivity contribution in [1.82, 2.24) is 10.2 Å². The fourth-order valence-electron chi connectivity index (χ4n) is 3.73. The summed E-state index contributed by atoms with van der Waals surface area (Å²) in [7, 11) is 0. The third-order valence-electron chi connectivity index (χ3n) is 5.66. The lowest BCUT2D eigenvalue weighted by Crippen LogP contribution is -2.42. The second kappa shape index (κ2) is 9.52. The van der Waals surface area contributed by atoms with Gasteiger partial charge in [0.2, 0.25) is 5.91 Å². The molecule has 1 N–H and O–H groups in total. The van der Waals surface area contributed by atoms with Crippen LogP contribution in [0.4, 0.5) is 0 Å².